The molecule has 2 aromatic rings. The molecule has 0 radical (unpaired) electrons. The van der Waals surface area contributed by atoms with Gasteiger partial charge in [-0.25, -0.2) is 5.43 Å². The monoisotopic (exact) mass is 397 g/mol. The summed E-state index contributed by atoms with van der Waals surface area (Å²) in [6.07, 6.45) is 0. The molecule has 1 amide bonds. The molecule has 0 spiro atoms. The molecule has 7 nitrogen and oxygen atoms in total. The fraction of sp³-hybridized carbons (Fsp3) is 0.364. The summed E-state index contributed by atoms with van der Waals surface area (Å²) in [7, 11) is 1.56. The largest absolute Gasteiger partial charge is 0.493 e. The second-order valence-corrected chi connectivity index (χ2v) is 6.69. The number of methoxy groups -OCH3 is 1. The zero-order valence-corrected chi connectivity index (χ0v) is 16.8. The van der Waals surface area contributed by atoms with Crippen molar-refractivity contribution in [1.29, 1.82) is 0 Å². The van der Waals surface area contributed by atoms with Crippen LogP contribution in [0.15, 0.2) is 59.7 Å². The number of para-hydroxylation sites is 2. The molecule has 1 heterocycles. The minimum Gasteiger partial charge on any atom is -0.493 e. The van der Waals surface area contributed by atoms with Crippen molar-refractivity contribution in [1.82, 2.24) is 10.3 Å². The second kappa shape index (κ2) is 10.6. The number of nitrogens with one attached hydrogen (secondary N) is 1. The maximum atomic E-state index is 12.2. The van der Waals surface area contributed by atoms with Crippen molar-refractivity contribution in [2.75, 3.05) is 40.0 Å². The van der Waals surface area contributed by atoms with Gasteiger partial charge in [0.25, 0.3) is 5.91 Å². The standard InChI is InChI=1S/C22H27N3O4/c1-17(22(18-8-4-3-5-9-18)25-12-14-28-15-13-25)23-24-21(26)16-29-20-11-7-6-10-19(20)27-2/h3-11,22H,12-16H2,1-2H3,(H,24,26)/b23-17-/t22-/m1/s1. The quantitative estimate of drug-likeness (QED) is 0.548. The van der Waals surface area contributed by atoms with Crippen molar-refractivity contribution in [3.05, 3.63) is 60.2 Å². The Kier molecular flexibility index (Phi) is 7.61. The summed E-state index contributed by atoms with van der Waals surface area (Å²) in [4.78, 5) is 14.6. The first-order valence-corrected chi connectivity index (χ1v) is 9.64. The molecule has 2 aromatic carbocycles. The lowest BCUT2D eigenvalue weighted by Gasteiger charge is -2.34. The molecule has 3 rings (SSSR count). The Morgan fingerprint density at radius 1 is 1.10 bits per heavy atom. The number of hydrazone groups is 1. The van der Waals surface area contributed by atoms with E-state index in [1.165, 1.54) is 0 Å². The average molecular weight is 397 g/mol. The summed E-state index contributed by atoms with van der Waals surface area (Å²) in [6.45, 7) is 4.79. The molecule has 1 atom stereocenters. The molecule has 1 N–H and O–H groups in total. The normalized spacial score (nSPS) is 16.1. The molecule has 1 saturated heterocycles. The number of rotatable bonds is 8. The third kappa shape index (κ3) is 5.79. The Hall–Kier alpha value is -2.90. The van der Waals surface area contributed by atoms with E-state index in [9.17, 15) is 4.79 Å². The fourth-order valence-corrected chi connectivity index (χ4v) is 3.31. The lowest BCUT2D eigenvalue weighted by molar-refractivity contribution is -0.123. The molecular weight excluding hydrogens is 370 g/mol. The van der Waals surface area contributed by atoms with Crippen molar-refractivity contribution >= 4 is 11.6 Å². The van der Waals surface area contributed by atoms with E-state index in [1.54, 1.807) is 19.2 Å². The van der Waals surface area contributed by atoms with Crippen LogP contribution in [0.4, 0.5) is 0 Å². The van der Waals surface area contributed by atoms with E-state index in [0.29, 0.717) is 24.7 Å². The molecule has 1 fully saturated rings. The molecule has 29 heavy (non-hydrogen) atoms. The zero-order chi connectivity index (χ0) is 20.5. The molecule has 7 heteroatoms. The van der Waals surface area contributed by atoms with Crippen LogP contribution < -0.4 is 14.9 Å². The van der Waals surface area contributed by atoms with Crippen molar-refractivity contribution < 1.29 is 19.0 Å². The Bertz CT molecular complexity index is 820. The lowest BCUT2D eigenvalue weighted by atomic mass is 10.0. The first-order chi connectivity index (χ1) is 14.2. The maximum absolute atomic E-state index is 12.2. The number of hydrogen-bond acceptors (Lipinski definition) is 6. The zero-order valence-electron chi connectivity index (χ0n) is 16.8. The highest BCUT2D eigenvalue weighted by molar-refractivity contribution is 5.90. The molecular formula is C22H27N3O4. The van der Waals surface area contributed by atoms with Gasteiger partial charge >= 0.3 is 0 Å². The van der Waals surface area contributed by atoms with E-state index < -0.39 is 0 Å². The van der Waals surface area contributed by atoms with E-state index in [0.717, 1.165) is 24.4 Å². The fourth-order valence-electron chi connectivity index (χ4n) is 3.31. The third-order valence-electron chi connectivity index (χ3n) is 4.71. The van der Waals surface area contributed by atoms with Gasteiger partial charge in [-0.3, -0.25) is 9.69 Å². The minimum atomic E-state index is -0.330. The van der Waals surface area contributed by atoms with Crippen LogP contribution in [0.5, 0.6) is 11.5 Å². The highest BCUT2D eigenvalue weighted by Crippen LogP contribution is 2.26. The van der Waals surface area contributed by atoms with Crippen LogP contribution in [-0.4, -0.2) is 56.5 Å². The van der Waals surface area contributed by atoms with Crippen LogP contribution >= 0.6 is 0 Å². The van der Waals surface area contributed by atoms with Gasteiger partial charge in [-0.1, -0.05) is 42.5 Å². The summed E-state index contributed by atoms with van der Waals surface area (Å²) in [5.41, 5.74) is 4.55. The predicted molar refractivity (Wildman–Crippen MR) is 111 cm³/mol. The second-order valence-electron chi connectivity index (χ2n) is 6.69. The number of carbonyl (C=O) groups is 1. The van der Waals surface area contributed by atoms with Crippen molar-refractivity contribution in [3.63, 3.8) is 0 Å². The molecule has 1 aliphatic rings. The molecule has 0 bridgehead atoms. The van der Waals surface area contributed by atoms with Crippen LogP contribution in [0.25, 0.3) is 0 Å². The molecule has 1 aliphatic heterocycles. The summed E-state index contributed by atoms with van der Waals surface area (Å²) in [5.74, 6) is 0.766. The minimum absolute atomic E-state index is 0.0180. The number of hydrogen-bond donors (Lipinski definition) is 1. The van der Waals surface area contributed by atoms with Gasteiger partial charge in [-0.15, -0.1) is 0 Å². The number of benzene rings is 2. The number of ether oxygens (including phenoxy) is 3. The molecule has 0 aliphatic carbocycles. The van der Waals surface area contributed by atoms with Gasteiger partial charge in [0.05, 0.1) is 32.1 Å². The lowest BCUT2D eigenvalue weighted by Crippen LogP contribution is -2.42. The first kappa shape index (κ1) is 20.8. The Labute approximate surface area is 171 Å². The van der Waals surface area contributed by atoms with Crippen LogP contribution in [0.1, 0.15) is 18.5 Å². The van der Waals surface area contributed by atoms with Gasteiger partial charge in [0.15, 0.2) is 18.1 Å². The van der Waals surface area contributed by atoms with Gasteiger partial charge in [0, 0.05) is 13.1 Å². The number of morpholine rings is 1. The highest BCUT2D eigenvalue weighted by Gasteiger charge is 2.25. The van der Waals surface area contributed by atoms with Gasteiger partial charge in [0.1, 0.15) is 0 Å². The summed E-state index contributed by atoms with van der Waals surface area (Å²) < 4.78 is 16.3. The third-order valence-corrected chi connectivity index (χ3v) is 4.71. The number of amides is 1. The van der Waals surface area contributed by atoms with E-state index >= 15 is 0 Å². The van der Waals surface area contributed by atoms with E-state index in [-0.39, 0.29) is 18.6 Å². The smallest absolute Gasteiger partial charge is 0.277 e. The molecule has 154 valence electrons. The molecule has 0 aromatic heterocycles. The number of nitrogens with zero attached hydrogens (tertiary/aromatic N) is 2. The Morgan fingerprint density at radius 3 is 2.45 bits per heavy atom. The van der Waals surface area contributed by atoms with Crippen LogP contribution in [0, 0.1) is 0 Å². The summed E-state index contributed by atoms with van der Waals surface area (Å²) >= 11 is 0. The predicted octanol–water partition coefficient (Wildman–Crippen LogP) is 2.64. The van der Waals surface area contributed by atoms with Gasteiger partial charge in [0.2, 0.25) is 0 Å². The summed E-state index contributed by atoms with van der Waals surface area (Å²) in [5, 5.41) is 4.35. The van der Waals surface area contributed by atoms with Crippen LogP contribution in [-0.2, 0) is 9.53 Å². The van der Waals surface area contributed by atoms with E-state index in [1.807, 2.05) is 37.3 Å². The van der Waals surface area contributed by atoms with Gasteiger partial charge < -0.3 is 14.2 Å². The Balaban J connectivity index is 1.64. The molecule has 0 unspecified atom stereocenters. The Morgan fingerprint density at radius 2 is 1.76 bits per heavy atom. The van der Waals surface area contributed by atoms with Crippen molar-refractivity contribution in [2.24, 2.45) is 5.10 Å². The maximum Gasteiger partial charge on any atom is 0.277 e. The van der Waals surface area contributed by atoms with Crippen molar-refractivity contribution in [2.45, 2.75) is 13.0 Å². The van der Waals surface area contributed by atoms with Gasteiger partial charge in [-0.05, 0) is 24.6 Å². The average Bonchev–Trinajstić information content (AvgIpc) is 2.78. The van der Waals surface area contributed by atoms with E-state index in [2.05, 4.69) is 27.6 Å². The topological polar surface area (TPSA) is 72.4 Å². The van der Waals surface area contributed by atoms with Crippen LogP contribution in [0.2, 0.25) is 0 Å². The van der Waals surface area contributed by atoms with Crippen molar-refractivity contribution in [3.8, 4) is 11.5 Å². The van der Waals surface area contributed by atoms with Crippen LogP contribution in [0.3, 0.4) is 0 Å². The molecule has 0 saturated carbocycles. The number of carbonyl (C=O) groups excluding carboxylic acids is 1. The SMILES string of the molecule is COc1ccccc1OCC(=O)N/N=C(/C)[C@H](c1ccccc1)N1CCOCC1. The highest BCUT2D eigenvalue weighted by atomic mass is 16.5. The summed E-state index contributed by atoms with van der Waals surface area (Å²) in [6, 6.07) is 17.3. The van der Waals surface area contributed by atoms with E-state index in [4.69, 9.17) is 14.2 Å². The first-order valence-electron chi connectivity index (χ1n) is 9.64. The van der Waals surface area contributed by atoms with Gasteiger partial charge in [-0.2, -0.15) is 5.10 Å².